The lowest BCUT2D eigenvalue weighted by Gasteiger charge is -2.08. The Bertz CT molecular complexity index is 921. The van der Waals surface area contributed by atoms with Crippen molar-refractivity contribution < 1.29 is 13.9 Å². The van der Waals surface area contributed by atoms with Crippen LogP contribution in [0.2, 0.25) is 5.02 Å². The number of carbonyl (C=O) groups is 1. The van der Waals surface area contributed by atoms with Crippen LogP contribution in [0.15, 0.2) is 54.6 Å². The molecule has 0 amide bonds. The van der Waals surface area contributed by atoms with Gasteiger partial charge in [0.15, 0.2) is 0 Å². The summed E-state index contributed by atoms with van der Waals surface area (Å²) in [4.78, 5) is 12.3. The third-order valence-corrected chi connectivity index (χ3v) is 3.83. The molecule has 3 rings (SSSR count). The fourth-order valence-corrected chi connectivity index (χ4v) is 2.48. The van der Waals surface area contributed by atoms with Gasteiger partial charge in [0.05, 0.1) is 16.9 Å². The molecule has 0 aliphatic heterocycles. The van der Waals surface area contributed by atoms with Crippen molar-refractivity contribution in [3.8, 4) is 11.6 Å². The Morgan fingerprint density at radius 2 is 1.92 bits per heavy atom. The van der Waals surface area contributed by atoms with Crippen LogP contribution in [0.25, 0.3) is 5.69 Å². The van der Waals surface area contributed by atoms with Crippen molar-refractivity contribution in [1.29, 1.82) is 0 Å². The molecule has 0 bridgehead atoms. The summed E-state index contributed by atoms with van der Waals surface area (Å²) >= 11 is 6.04. The standard InChI is InChI=1S/C19H16ClFN2O2/c1-12(2)17-11-18(23(22-17)16-8-4-6-14(20)10-16)25-19(24)13-5-3-7-15(21)9-13/h3-12H,1-2H3. The number of aromatic nitrogens is 2. The minimum absolute atomic E-state index is 0.130. The van der Waals surface area contributed by atoms with Crippen LogP contribution in [0.3, 0.4) is 0 Å². The van der Waals surface area contributed by atoms with Crippen LogP contribution >= 0.6 is 11.6 Å². The molecule has 0 atom stereocenters. The van der Waals surface area contributed by atoms with Crippen molar-refractivity contribution in [2.75, 3.05) is 0 Å². The number of hydrogen-bond donors (Lipinski definition) is 0. The number of benzene rings is 2. The summed E-state index contributed by atoms with van der Waals surface area (Å²) in [5.41, 5.74) is 1.56. The molecular formula is C19H16ClFN2O2. The molecule has 0 spiro atoms. The highest BCUT2D eigenvalue weighted by Gasteiger charge is 2.18. The van der Waals surface area contributed by atoms with Crippen LogP contribution < -0.4 is 4.74 Å². The first-order valence-electron chi connectivity index (χ1n) is 7.77. The van der Waals surface area contributed by atoms with Gasteiger partial charge in [0, 0.05) is 11.1 Å². The topological polar surface area (TPSA) is 44.1 Å². The van der Waals surface area contributed by atoms with Crippen molar-refractivity contribution in [2.24, 2.45) is 0 Å². The molecule has 0 unspecified atom stereocenters. The number of ether oxygens (including phenoxy) is 1. The Balaban J connectivity index is 1.98. The molecule has 2 aromatic carbocycles. The summed E-state index contributed by atoms with van der Waals surface area (Å²) in [5.74, 6) is -0.758. The molecule has 0 aliphatic rings. The third kappa shape index (κ3) is 3.88. The number of rotatable bonds is 4. The molecule has 25 heavy (non-hydrogen) atoms. The van der Waals surface area contributed by atoms with Crippen LogP contribution in [0.1, 0.15) is 35.8 Å². The van der Waals surface area contributed by atoms with Gasteiger partial charge in [-0.15, -0.1) is 0 Å². The monoisotopic (exact) mass is 358 g/mol. The number of halogens is 2. The largest absolute Gasteiger partial charge is 0.404 e. The molecule has 0 saturated heterocycles. The van der Waals surface area contributed by atoms with Crippen molar-refractivity contribution >= 4 is 17.6 Å². The van der Waals surface area contributed by atoms with Crippen molar-refractivity contribution in [2.45, 2.75) is 19.8 Å². The van der Waals surface area contributed by atoms with E-state index in [1.54, 1.807) is 24.3 Å². The minimum atomic E-state index is -0.655. The highest BCUT2D eigenvalue weighted by molar-refractivity contribution is 6.30. The molecule has 0 saturated carbocycles. The minimum Gasteiger partial charge on any atom is -0.404 e. The molecule has 0 radical (unpaired) electrons. The summed E-state index contributed by atoms with van der Waals surface area (Å²) in [6.45, 7) is 3.98. The molecule has 0 aliphatic carbocycles. The molecule has 1 aromatic heterocycles. The molecule has 128 valence electrons. The number of carbonyl (C=O) groups excluding carboxylic acids is 1. The second kappa shape index (κ2) is 7.07. The molecule has 0 fully saturated rings. The van der Waals surface area contributed by atoms with Gasteiger partial charge in [-0.05, 0) is 42.3 Å². The number of esters is 1. The van der Waals surface area contributed by atoms with E-state index < -0.39 is 11.8 Å². The van der Waals surface area contributed by atoms with Crippen LogP contribution in [0.5, 0.6) is 5.88 Å². The van der Waals surface area contributed by atoms with E-state index >= 15 is 0 Å². The van der Waals surface area contributed by atoms with E-state index in [1.165, 1.54) is 22.9 Å². The van der Waals surface area contributed by atoms with Crippen molar-refractivity contribution in [3.63, 3.8) is 0 Å². The summed E-state index contributed by atoms with van der Waals surface area (Å²) in [5, 5.41) is 5.04. The Morgan fingerprint density at radius 1 is 1.16 bits per heavy atom. The van der Waals surface area contributed by atoms with Gasteiger partial charge in [-0.1, -0.05) is 37.6 Å². The normalized spacial score (nSPS) is 10.9. The fraction of sp³-hybridized carbons (Fsp3) is 0.158. The molecule has 0 N–H and O–H groups in total. The van der Waals surface area contributed by atoms with Gasteiger partial charge in [-0.2, -0.15) is 5.10 Å². The third-order valence-electron chi connectivity index (χ3n) is 3.60. The zero-order chi connectivity index (χ0) is 18.0. The van der Waals surface area contributed by atoms with Crippen molar-refractivity contribution in [3.05, 3.63) is 76.7 Å². The van der Waals surface area contributed by atoms with E-state index in [0.29, 0.717) is 10.7 Å². The van der Waals surface area contributed by atoms with E-state index in [0.717, 1.165) is 11.8 Å². The Kier molecular flexibility index (Phi) is 4.86. The zero-order valence-electron chi connectivity index (χ0n) is 13.7. The van der Waals surface area contributed by atoms with Gasteiger partial charge >= 0.3 is 5.97 Å². The SMILES string of the molecule is CC(C)c1cc(OC(=O)c2cccc(F)c2)n(-c2cccc(Cl)c2)n1. The molecular weight excluding hydrogens is 343 g/mol. The maximum Gasteiger partial charge on any atom is 0.344 e. The van der Waals surface area contributed by atoms with Crippen LogP contribution in [0, 0.1) is 5.82 Å². The fourth-order valence-electron chi connectivity index (χ4n) is 2.30. The van der Waals surface area contributed by atoms with E-state index in [4.69, 9.17) is 16.3 Å². The smallest absolute Gasteiger partial charge is 0.344 e. The predicted molar refractivity (Wildman–Crippen MR) is 94.0 cm³/mol. The maximum absolute atomic E-state index is 13.3. The summed E-state index contributed by atoms with van der Waals surface area (Å²) in [6.07, 6.45) is 0. The van der Waals surface area contributed by atoms with Crippen LogP contribution in [-0.4, -0.2) is 15.7 Å². The lowest BCUT2D eigenvalue weighted by atomic mass is 10.1. The summed E-state index contributed by atoms with van der Waals surface area (Å²) in [6, 6.07) is 14.1. The van der Waals surface area contributed by atoms with Gasteiger partial charge < -0.3 is 4.74 Å². The van der Waals surface area contributed by atoms with Gasteiger partial charge in [-0.25, -0.2) is 13.9 Å². The lowest BCUT2D eigenvalue weighted by Crippen LogP contribution is -2.12. The highest BCUT2D eigenvalue weighted by Crippen LogP contribution is 2.26. The highest BCUT2D eigenvalue weighted by atomic mass is 35.5. The average Bonchev–Trinajstić information content (AvgIpc) is 2.99. The molecule has 4 nitrogen and oxygen atoms in total. The van der Waals surface area contributed by atoms with E-state index in [-0.39, 0.29) is 17.4 Å². The first-order valence-corrected chi connectivity index (χ1v) is 8.15. The number of hydrogen-bond acceptors (Lipinski definition) is 3. The Labute approximate surface area is 149 Å². The molecule has 1 heterocycles. The van der Waals surface area contributed by atoms with Crippen molar-refractivity contribution in [1.82, 2.24) is 9.78 Å². The second-order valence-electron chi connectivity index (χ2n) is 5.85. The average molecular weight is 359 g/mol. The van der Waals surface area contributed by atoms with E-state index in [9.17, 15) is 9.18 Å². The second-order valence-corrected chi connectivity index (χ2v) is 6.29. The van der Waals surface area contributed by atoms with Gasteiger partial charge in [-0.3, -0.25) is 0 Å². The first-order chi connectivity index (χ1) is 11.9. The van der Waals surface area contributed by atoms with Gasteiger partial charge in [0.1, 0.15) is 5.82 Å². The maximum atomic E-state index is 13.3. The van der Waals surface area contributed by atoms with E-state index in [2.05, 4.69) is 5.10 Å². The Morgan fingerprint density at radius 3 is 2.60 bits per heavy atom. The molecule has 3 aromatic rings. The zero-order valence-corrected chi connectivity index (χ0v) is 14.5. The van der Waals surface area contributed by atoms with Gasteiger partial charge in [0.2, 0.25) is 5.88 Å². The quantitative estimate of drug-likeness (QED) is 0.616. The van der Waals surface area contributed by atoms with Gasteiger partial charge in [0.25, 0.3) is 0 Å². The number of nitrogens with zero attached hydrogens (tertiary/aromatic N) is 2. The van der Waals surface area contributed by atoms with Crippen LogP contribution in [-0.2, 0) is 0 Å². The summed E-state index contributed by atoms with van der Waals surface area (Å²) in [7, 11) is 0. The van der Waals surface area contributed by atoms with Crippen LogP contribution in [0.4, 0.5) is 4.39 Å². The molecule has 6 heteroatoms. The predicted octanol–water partition coefficient (Wildman–Crippen LogP) is 5.01. The first kappa shape index (κ1) is 17.2. The van der Waals surface area contributed by atoms with E-state index in [1.807, 2.05) is 19.9 Å². The lowest BCUT2D eigenvalue weighted by molar-refractivity contribution is 0.0722. The Hall–Kier alpha value is -2.66. The summed E-state index contributed by atoms with van der Waals surface area (Å²) < 4.78 is 20.3.